The van der Waals surface area contributed by atoms with Crippen LogP contribution < -0.4 is 11.0 Å². The Morgan fingerprint density at radius 2 is 2.19 bits per heavy atom. The zero-order valence-electron chi connectivity index (χ0n) is 9.10. The van der Waals surface area contributed by atoms with Crippen LogP contribution >= 0.6 is 21.0 Å². The van der Waals surface area contributed by atoms with Crippen molar-refractivity contribution in [3.63, 3.8) is 0 Å². The Labute approximate surface area is 103 Å². The Morgan fingerprint density at radius 1 is 1.44 bits per heavy atom. The highest BCUT2D eigenvalue weighted by atomic mass is 32.2. The van der Waals surface area contributed by atoms with E-state index >= 15 is 0 Å². The summed E-state index contributed by atoms with van der Waals surface area (Å²) in [7, 11) is 2.65. The minimum Gasteiger partial charge on any atom is -0.396 e. The Morgan fingerprint density at radius 3 is 2.81 bits per heavy atom. The lowest BCUT2D eigenvalue weighted by Gasteiger charge is -2.14. The van der Waals surface area contributed by atoms with E-state index in [1.54, 1.807) is 11.8 Å². The first kappa shape index (κ1) is 13.9. The van der Waals surface area contributed by atoms with Crippen LogP contribution in [0.2, 0.25) is 0 Å². The summed E-state index contributed by atoms with van der Waals surface area (Å²) in [5, 5.41) is 19.4. The van der Waals surface area contributed by atoms with Gasteiger partial charge in [0.1, 0.15) is 0 Å². The molecular formula is C11H18NO2PS. The van der Waals surface area contributed by atoms with E-state index in [9.17, 15) is 5.11 Å². The normalized spacial score (nSPS) is 12.8. The van der Waals surface area contributed by atoms with Crippen LogP contribution in [-0.4, -0.2) is 29.1 Å². The van der Waals surface area contributed by atoms with Gasteiger partial charge in [0.05, 0.1) is 6.10 Å². The molecule has 2 unspecified atom stereocenters. The second-order valence-corrected chi connectivity index (χ2v) is 5.15. The fraction of sp³-hybridized carbons (Fsp3) is 0.455. The molecule has 2 atom stereocenters. The second-order valence-electron chi connectivity index (χ2n) is 3.44. The van der Waals surface area contributed by atoms with E-state index in [-0.39, 0.29) is 13.2 Å². The molecule has 0 spiro atoms. The van der Waals surface area contributed by atoms with E-state index in [4.69, 9.17) is 10.8 Å². The van der Waals surface area contributed by atoms with Crippen molar-refractivity contribution in [1.82, 2.24) is 0 Å². The summed E-state index contributed by atoms with van der Waals surface area (Å²) in [6, 6.07) is 5.82. The number of aliphatic hydroxyl groups is 2. The lowest BCUT2D eigenvalue weighted by Crippen LogP contribution is -2.17. The summed E-state index contributed by atoms with van der Waals surface area (Å²) in [6.45, 7) is 0.441. The molecule has 0 aliphatic heterocycles. The van der Waals surface area contributed by atoms with Crippen molar-refractivity contribution < 1.29 is 10.2 Å². The van der Waals surface area contributed by atoms with Crippen LogP contribution in [0.25, 0.3) is 0 Å². The number of hydrogen-bond donors (Lipinski definition) is 3. The van der Waals surface area contributed by atoms with Crippen molar-refractivity contribution in [2.24, 2.45) is 5.73 Å². The predicted octanol–water partition coefficient (Wildman–Crippen LogP) is 0.654. The SMILES string of the molecule is NCC(O)c1cccc(SCCCO)c1P. The maximum absolute atomic E-state index is 9.72. The lowest BCUT2D eigenvalue weighted by atomic mass is 10.1. The molecule has 0 aliphatic carbocycles. The maximum atomic E-state index is 9.72. The van der Waals surface area contributed by atoms with E-state index < -0.39 is 6.10 Å². The molecule has 1 aromatic carbocycles. The van der Waals surface area contributed by atoms with Gasteiger partial charge >= 0.3 is 0 Å². The van der Waals surface area contributed by atoms with Crippen molar-refractivity contribution >= 4 is 26.3 Å². The number of aliphatic hydroxyl groups excluding tert-OH is 2. The van der Waals surface area contributed by atoms with Gasteiger partial charge in [-0.15, -0.1) is 21.0 Å². The van der Waals surface area contributed by atoms with Crippen molar-refractivity contribution in [3.8, 4) is 0 Å². The van der Waals surface area contributed by atoms with Gasteiger partial charge in [-0.3, -0.25) is 0 Å². The minimum absolute atomic E-state index is 0.213. The summed E-state index contributed by atoms with van der Waals surface area (Å²) in [6.07, 6.45) is 0.171. The van der Waals surface area contributed by atoms with E-state index in [0.29, 0.717) is 0 Å². The fourth-order valence-electron chi connectivity index (χ4n) is 1.35. The number of thioether (sulfide) groups is 1. The molecule has 4 N–H and O–H groups in total. The minimum atomic E-state index is -0.606. The zero-order valence-corrected chi connectivity index (χ0v) is 11.1. The number of hydrogen-bond acceptors (Lipinski definition) is 4. The molecule has 1 rings (SSSR count). The summed E-state index contributed by atoms with van der Waals surface area (Å²) < 4.78 is 0. The molecule has 0 heterocycles. The molecule has 0 saturated carbocycles. The van der Waals surface area contributed by atoms with E-state index in [1.165, 1.54) is 0 Å². The summed E-state index contributed by atoms with van der Waals surface area (Å²) >= 11 is 1.68. The molecule has 5 heteroatoms. The third-order valence-corrected chi connectivity index (χ3v) is 4.26. The van der Waals surface area contributed by atoms with E-state index in [0.717, 1.165) is 27.9 Å². The first-order valence-corrected chi connectivity index (χ1v) is 6.77. The molecule has 0 amide bonds. The van der Waals surface area contributed by atoms with Crippen molar-refractivity contribution in [2.45, 2.75) is 17.4 Å². The largest absolute Gasteiger partial charge is 0.396 e. The molecule has 0 saturated heterocycles. The summed E-state index contributed by atoms with van der Waals surface area (Å²) in [4.78, 5) is 1.11. The molecule has 90 valence electrons. The molecule has 0 radical (unpaired) electrons. The standard InChI is InChI=1S/C11H18NO2PS/c12-7-9(14)8-3-1-4-10(11(8)15)16-6-2-5-13/h1,3-4,9,13-14H,2,5-7,12,15H2. The van der Waals surface area contributed by atoms with Gasteiger partial charge in [0, 0.05) is 23.8 Å². The van der Waals surface area contributed by atoms with Gasteiger partial charge in [-0.1, -0.05) is 12.1 Å². The lowest BCUT2D eigenvalue weighted by molar-refractivity contribution is 0.187. The smallest absolute Gasteiger partial charge is 0.0918 e. The first-order chi connectivity index (χ1) is 7.70. The number of benzene rings is 1. The fourth-order valence-corrected chi connectivity index (χ4v) is 2.93. The molecule has 1 aromatic rings. The monoisotopic (exact) mass is 259 g/mol. The van der Waals surface area contributed by atoms with Crippen molar-refractivity contribution in [1.29, 1.82) is 0 Å². The highest BCUT2D eigenvalue weighted by Crippen LogP contribution is 2.22. The average molecular weight is 259 g/mol. The molecule has 0 aromatic heterocycles. The van der Waals surface area contributed by atoms with Crippen LogP contribution in [0.1, 0.15) is 18.1 Å². The highest BCUT2D eigenvalue weighted by molar-refractivity contribution is 7.99. The summed E-state index contributed by atoms with van der Waals surface area (Å²) in [5.41, 5.74) is 6.31. The quantitative estimate of drug-likeness (QED) is 0.399. The van der Waals surface area contributed by atoms with Gasteiger partial charge in [-0.2, -0.15) is 0 Å². The van der Waals surface area contributed by atoms with Crippen LogP contribution in [0.3, 0.4) is 0 Å². The van der Waals surface area contributed by atoms with Gasteiger partial charge < -0.3 is 15.9 Å². The van der Waals surface area contributed by atoms with E-state index in [1.807, 2.05) is 18.2 Å². The predicted molar refractivity (Wildman–Crippen MR) is 72.2 cm³/mol. The molecule has 0 aliphatic rings. The van der Waals surface area contributed by atoms with Crippen LogP contribution in [0.4, 0.5) is 0 Å². The van der Waals surface area contributed by atoms with Crippen molar-refractivity contribution in [2.75, 3.05) is 18.9 Å². The topological polar surface area (TPSA) is 66.5 Å². The molecule has 0 fully saturated rings. The third kappa shape index (κ3) is 3.72. The Balaban J connectivity index is 2.78. The van der Waals surface area contributed by atoms with Gasteiger partial charge in [0.25, 0.3) is 0 Å². The summed E-state index contributed by atoms with van der Waals surface area (Å²) in [5.74, 6) is 0.875. The second kappa shape index (κ2) is 7.25. The van der Waals surface area contributed by atoms with Crippen molar-refractivity contribution in [3.05, 3.63) is 23.8 Å². The third-order valence-electron chi connectivity index (χ3n) is 2.24. The number of nitrogens with two attached hydrogens (primary N) is 1. The molecule has 3 nitrogen and oxygen atoms in total. The van der Waals surface area contributed by atoms with E-state index in [2.05, 4.69) is 9.24 Å². The first-order valence-electron chi connectivity index (χ1n) is 5.21. The van der Waals surface area contributed by atoms with Gasteiger partial charge in [-0.05, 0) is 23.4 Å². The average Bonchev–Trinajstić information content (AvgIpc) is 2.30. The zero-order chi connectivity index (χ0) is 12.0. The number of rotatable bonds is 6. The van der Waals surface area contributed by atoms with Crippen LogP contribution in [0.15, 0.2) is 23.1 Å². The molecule has 16 heavy (non-hydrogen) atoms. The Kier molecular flexibility index (Phi) is 6.32. The van der Waals surface area contributed by atoms with Crippen LogP contribution in [0.5, 0.6) is 0 Å². The van der Waals surface area contributed by atoms with Crippen LogP contribution in [-0.2, 0) is 0 Å². The van der Waals surface area contributed by atoms with Gasteiger partial charge in [0.2, 0.25) is 0 Å². The highest BCUT2D eigenvalue weighted by Gasteiger charge is 2.11. The Hall–Kier alpha value is -0.120. The van der Waals surface area contributed by atoms with Gasteiger partial charge in [0.15, 0.2) is 0 Å². The Bertz CT molecular complexity index is 336. The molecule has 0 bridgehead atoms. The van der Waals surface area contributed by atoms with Crippen LogP contribution in [0, 0.1) is 0 Å². The van der Waals surface area contributed by atoms with Gasteiger partial charge in [-0.25, -0.2) is 0 Å². The maximum Gasteiger partial charge on any atom is 0.0918 e. The molecular weight excluding hydrogens is 241 g/mol.